The van der Waals surface area contributed by atoms with Crippen molar-refractivity contribution in [2.75, 3.05) is 0 Å². The maximum atomic E-state index is 8.94. The van der Waals surface area contributed by atoms with Gasteiger partial charge in [0.25, 0.3) is 0 Å². The highest BCUT2D eigenvalue weighted by Crippen LogP contribution is 2.15. The fourth-order valence-corrected chi connectivity index (χ4v) is 1.44. The highest BCUT2D eigenvalue weighted by atomic mass is 35.5. The summed E-state index contributed by atoms with van der Waals surface area (Å²) in [5.41, 5.74) is 1.12. The van der Waals surface area contributed by atoms with E-state index in [1.165, 1.54) is 6.20 Å². The summed E-state index contributed by atoms with van der Waals surface area (Å²) >= 11 is 5.76. The standard InChI is InChI=1S/C9H7BClNO2/c11-8-3-6-1-2-7(10(13)14)4-9(6)12-5-8/h1-5,13-14H. The van der Waals surface area contributed by atoms with Crippen LogP contribution in [0.3, 0.4) is 0 Å². The van der Waals surface area contributed by atoms with Crippen molar-refractivity contribution in [3.63, 3.8) is 0 Å². The van der Waals surface area contributed by atoms with Gasteiger partial charge >= 0.3 is 7.12 Å². The number of fused-ring (bicyclic) bond motifs is 1. The van der Waals surface area contributed by atoms with Crippen LogP contribution in [0.4, 0.5) is 0 Å². The molecular formula is C9H7BClNO2. The second kappa shape index (κ2) is 3.57. The monoisotopic (exact) mass is 207 g/mol. The van der Waals surface area contributed by atoms with Crippen molar-refractivity contribution in [2.24, 2.45) is 0 Å². The number of hydrogen-bond acceptors (Lipinski definition) is 3. The molecule has 0 amide bonds. The number of hydrogen-bond donors (Lipinski definition) is 2. The first-order chi connectivity index (χ1) is 6.66. The van der Waals surface area contributed by atoms with Gasteiger partial charge in [0.15, 0.2) is 0 Å². The van der Waals surface area contributed by atoms with Gasteiger partial charge in [-0.3, -0.25) is 4.98 Å². The Morgan fingerprint density at radius 3 is 2.71 bits per heavy atom. The van der Waals surface area contributed by atoms with Crippen molar-refractivity contribution in [3.05, 3.63) is 35.5 Å². The number of pyridine rings is 1. The molecule has 0 aliphatic rings. The van der Waals surface area contributed by atoms with Crippen molar-refractivity contribution >= 4 is 35.1 Å². The SMILES string of the molecule is OB(O)c1ccc2cc(Cl)cnc2c1. The van der Waals surface area contributed by atoms with E-state index in [4.69, 9.17) is 21.6 Å². The van der Waals surface area contributed by atoms with Crippen LogP contribution in [0.15, 0.2) is 30.5 Å². The molecule has 3 nitrogen and oxygen atoms in total. The fraction of sp³-hybridized carbons (Fsp3) is 0. The molecule has 0 fully saturated rings. The molecule has 1 aromatic heterocycles. The number of halogens is 1. The van der Waals surface area contributed by atoms with Gasteiger partial charge in [-0.1, -0.05) is 23.7 Å². The number of aromatic nitrogens is 1. The van der Waals surface area contributed by atoms with Crippen LogP contribution < -0.4 is 5.46 Å². The van der Waals surface area contributed by atoms with Gasteiger partial charge in [-0.15, -0.1) is 0 Å². The maximum Gasteiger partial charge on any atom is 0.488 e. The lowest BCUT2D eigenvalue weighted by Crippen LogP contribution is -2.29. The van der Waals surface area contributed by atoms with Crippen LogP contribution in [0.1, 0.15) is 0 Å². The van der Waals surface area contributed by atoms with Crippen molar-refractivity contribution in [3.8, 4) is 0 Å². The minimum atomic E-state index is -1.46. The first-order valence-electron chi connectivity index (χ1n) is 4.08. The normalized spacial score (nSPS) is 10.5. The highest BCUT2D eigenvalue weighted by Gasteiger charge is 2.10. The molecule has 0 atom stereocenters. The van der Waals surface area contributed by atoms with Crippen molar-refractivity contribution in [2.45, 2.75) is 0 Å². The van der Waals surface area contributed by atoms with Gasteiger partial charge in [-0.2, -0.15) is 0 Å². The molecule has 0 aliphatic carbocycles. The Labute approximate surface area is 86.1 Å². The Hall–Kier alpha value is -1.10. The molecule has 0 radical (unpaired) electrons. The van der Waals surface area contributed by atoms with Crippen molar-refractivity contribution < 1.29 is 10.0 Å². The van der Waals surface area contributed by atoms with Crippen LogP contribution in [0.25, 0.3) is 10.9 Å². The van der Waals surface area contributed by atoms with E-state index in [0.29, 0.717) is 16.0 Å². The fourth-order valence-electron chi connectivity index (χ4n) is 1.27. The average molecular weight is 207 g/mol. The van der Waals surface area contributed by atoms with E-state index < -0.39 is 7.12 Å². The van der Waals surface area contributed by atoms with Crippen LogP contribution in [-0.4, -0.2) is 22.2 Å². The third-order valence-corrected chi connectivity index (χ3v) is 2.18. The predicted molar refractivity (Wildman–Crippen MR) is 56.6 cm³/mol. The van der Waals surface area contributed by atoms with Crippen molar-refractivity contribution in [1.82, 2.24) is 4.98 Å². The molecular weight excluding hydrogens is 200 g/mol. The lowest BCUT2D eigenvalue weighted by molar-refractivity contribution is 0.426. The molecule has 70 valence electrons. The molecule has 1 aromatic carbocycles. The number of nitrogens with zero attached hydrogens (tertiary/aromatic N) is 1. The van der Waals surface area contributed by atoms with Crippen molar-refractivity contribution in [1.29, 1.82) is 0 Å². The van der Waals surface area contributed by atoms with E-state index in [0.717, 1.165) is 5.39 Å². The molecule has 1 heterocycles. The van der Waals surface area contributed by atoms with E-state index >= 15 is 0 Å². The largest absolute Gasteiger partial charge is 0.488 e. The summed E-state index contributed by atoms with van der Waals surface area (Å²) in [6, 6.07) is 6.78. The Morgan fingerprint density at radius 1 is 1.21 bits per heavy atom. The smallest absolute Gasteiger partial charge is 0.423 e. The summed E-state index contributed by atoms with van der Waals surface area (Å²) in [7, 11) is -1.46. The van der Waals surface area contributed by atoms with Gasteiger partial charge < -0.3 is 10.0 Å². The van der Waals surface area contributed by atoms with Crippen LogP contribution in [0.2, 0.25) is 5.02 Å². The third-order valence-electron chi connectivity index (χ3n) is 1.97. The van der Waals surface area contributed by atoms with Gasteiger partial charge in [0.2, 0.25) is 0 Å². The quantitative estimate of drug-likeness (QED) is 0.672. The molecule has 0 unspecified atom stereocenters. The van der Waals surface area contributed by atoms with Gasteiger partial charge in [-0.05, 0) is 17.6 Å². The molecule has 2 aromatic rings. The zero-order valence-corrected chi connectivity index (χ0v) is 7.94. The lowest BCUT2D eigenvalue weighted by Gasteiger charge is -2.01. The minimum Gasteiger partial charge on any atom is -0.423 e. The minimum absolute atomic E-state index is 0.423. The van der Waals surface area contributed by atoms with Crippen LogP contribution in [0, 0.1) is 0 Å². The second-order valence-electron chi connectivity index (χ2n) is 2.98. The van der Waals surface area contributed by atoms with E-state index in [9.17, 15) is 0 Å². The Morgan fingerprint density at radius 2 is 2.00 bits per heavy atom. The van der Waals surface area contributed by atoms with Crippen LogP contribution in [0.5, 0.6) is 0 Å². The van der Waals surface area contributed by atoms with Gasteiger partial charge in [0, 0.05) is 11.6 Å². The molecule has 14 heavy (non-hydrogen) atoms. The second-order valence-corrected chi connectivity index (χ2v) is 3.42. The molecule has 0 saturated carbocycles. The summed E-state index contributed by atoms with van der Waals surface area (Å²) in [4.78, 5) is 4.07. The van der Waals surface area contributed by atoms with Gasteiger partial charge in [0.1, 0.15) is 0 Å². The molecule has 0 bridgehead atoms. The Balaban J connectivity index is 2.62. The lowest BCUT2D eigenvalue weighted by atomic mass is 9.80. The molecule has 0 spiro atoms. The average Bonchev–Trinajstić information content (AvgIpc) is 2.16. The van der Waals surface area contributed by atoms with E-state index in [2.05, 4.69) is 4.98 Å². The Kier molecular flexibility index (Phi) is 2.41. The zero-order chi connectivity index (χ0) is 10.1. The first-order valence-corrected chi connectivity index (χ1v) is 4.46. The summed E-state index contributed by atoms with van der Waals surface area (Å²) in [5, 5.41) is 19.3. The molecule has 5 heteroatoms. The van der Waals surface area contributed by atoms with E-state index in [-0.39, 0.29) is 0 Å². The predicted octanol–water partition coefficient (Wildman–Crippen LogP) is 0.568. The van der Waals surface area contributed by atoms with Gasteiger partial charge in [0.05, 0.1) is 10.5 Å². The molecule has 2 N–H and O–H groups in total. The topological polar surface area (TPSA) is 53.4 Å². The maximum absolute atomic E-state index is 8.94. The van der Waals surface area contributed by atoms with E-state index in [1.54, 1.807) is 24.3 Å². The van der Waals surface area contributed by atoms with E-state index in [1.807, 2.05) is 0 Å². The van der Waals surface area contributed by atoms with Crippen LogP contribution >= 0.6 is 11.6 Å². The van der Waals surface area contributed by atoms with Crippen LogP contribution in [-0.2, 0) is 0 Å². The summed E-state index contributed by atoms with van der Waals surface area (Å²) in [6.45, 7) is 0. The van der Waals surface area contributed by atoms with Gasteiger partial charge in [-0.25, -0.2) is 0 Å². The number of rotatable bonds is 1. The molecule has 2 rings (SSSR count). The highest BCUT2D eigenvalue weighted by molar-refractivity contribution is 6.58. The first kappa shape index (κ1) is 9.46. The number of benzene rings is 1. The summed E-state index contributed by atoms with van der Waals surface area (Å²) < 4.78 is 0. The summed E-state index contributed by atoms with van der Waals surface area (Å²) in [6.07, 6.45) is 1.53. The summed E-state index contributed by atoms with van der Waals surface area (Å²) in [5.74, 6) is 0. The molecule has 0 saturated heterocycles. The zero-order valence-electron chi connectivity index (χ0n) is 7.18. The third kappa shape index (κ3) is 1.72. The molecule has 0 aliphatic heterocycles. The Bertz CT molecular complexity index is 475.